The number of guanidine groups is 1. The molecule has 1 atom stereocenters. The maximum Gasteiger partial charge on any atom is 0.191 e. The van der Waals surface area contributed by atoms with Crippen LogP contribution in [0.1, 0.15) is 38.2 Å². The molecule has 2 aliphatic heterocycles. The van der Waals surface area contributed by atoms with Gasteiger partial charge in [-0.05, 0) is 56.1 Å². The second kappa shape index (κ2) is 8.61. The van der Waals surface area contributed by atoms with Crippen LogP contribution in [0.4, 0.5) is 4.39 Å². The molecule has 2 heterocycles. The van der Waals surface area contributed by atoms with Crippen molar-refractivity contribution in [1.29, 1.82) is 0 Å². The SMILES string of the molecule is CN=C(NCC1(C)CCCS1)NCC1(c2cccc(F)c2)CCOCC1. The van der Waals surface area contributed by atoms with Crippen LogP contribution < -0.4 is 10.6 Å². The lowest BCUT2D eigenvalue weighted by molar-refractivity contribution is 0.0513. The van der Waals surface area contributed by atoms with Gasteiger partial charge >= 0.3 is 0 Å². The molecule has 0 saturated carbocycles. The molecule has 3 rings (SSSR count). The van der Waals surface area contributed by atoms with Gasteiger partial charge in [-0.1, -0.05) is 12.1 Å². The largest absolute Gasteiger partial charge is 0.381 e. The van der Waals surface area contributed by atoms with E-state index in [1.165, 1.54) is 24.7 Å². The second-order valence-electron chi connectivity index (χ2n) is 7.58. The minimum absolute atomic E-state index is 0.121. The molecule has 0 aliphatic carbocycles. The van der Waals surface area contributed by atoms with E-state index in [9.17, 15) is 4.39 Å². The van der Waals surface area contributed by atoms with Crippen molar-refractivity contribution in [3.8, 4) is 0 Å². The fourth-order valence-electron chi connectivity index (χ4n) is 3.87. The Hall–Kier alpha value is -1.27. The van der Waals surface area contributed by atoms with E-state index >= 15 is 0 Å². The Morgan fingerprint density at radius 3 is 2.65 bits per heavy atom. The Morgan fingerprint density at radius 2 is 2.00 bits per heavy atom. The number of ether oxygens (including phenoxy) is 1. The van der Waals surface area contributed by atoms with E-state index in [-0.39, 0.29) is 16.0 Å². The summed E-state index contributed by atoms with van der Waals surface area (Å²) in [6, 6.07) is 7.00. The van der Waals surface area contributed by atoms with Gasteiger partial charge in [0.1, 0.15) is 5.82 Å². The van der Waals surface area contributed by atoms with E-state index in [0.29, 0.717) is 13.2 Å². The monoisotopic (exact) mass is 379 g/mol. The minimum atomic E-state index is -0.179. The summed E-state index contributed by atoms with van der Waals surface area (Å²) >= 11 is 2.04. The Bertz CT molecular complexity index is 625. The third-order valence-electron chi connectivity index (χ3n) is 5.63. The standard InChI is InChI=1S/C20H30FN3OS/c1-19(7-4-12-26-19)14-23-18(22-2)24-15-20(8-10-25-11-9-20)16-5-3-6-17(21)13-16/h3,5-6,13H,4,7-12,14-15H2,1-2H3,(H2,22,23,24). The lowest BCUT2D eigenvalue weighted by Gasteiger charge is -2.38. The zero-order valence-corrected chi connectivity index (χ0v) is 16.6. The highest BCUT2D eigenvalue weighted by Crippen LogP contribution is 2.37. The van der Waals surface area contributed by atoms with E-state index in [1.807, 2.05) is 17.8 Å². The van der Waals surface area contributed by atoms with Gasteiger partial charge in [0.2, 0.25) is 0 Å². The molecule has 26 heavy (non-hydrogen) atoms. The third-order valence-corrected chi connectivity index (χ3v) is 7.17. The molecule has 1 aromatic carbocycles. The van der Waals surface area contributed by atoms with E-state index in [1.54, 1.807) is 19.2 Å². The molecule has 2 N–H and O–H groups in total. The number of hydrogen-bond donors (Lipinski definition) is 2. The number of rotatable bonds is 5. The fraction of sp³-hybridized carbons (Fsp3) is 0.650. The molecule has 0 amide bonds. The van der Waals surface area contributed by atoms with E-state index in [4.69, 9.17) is 4.74 Å². The van der Waals surface area contributed by atoms with Gasteiger partial charge in [0, 0.05) is 43.5 Å². The highest BCUT2D eigenvalue weighted by Gasteiger charge is 2.35. The van der Waals surface area contributed by atoms with E-state index in [0.717, 1.165) is 37.5 Å². The lowest BCUT2D eigenvalue weighted by atomic mass is 9.74. The molecule has 144 valence electrons. The number of nitrogens with one attached hydrogen (secondary N) is 2. The van der Waals surface area contributed by atoms with Crippen molar-refractivity contribution in [3.63, 3.8) is 0 Å². The van der Waals surface area contributed by atoms with Crippen molar-refractivity contribution in [3.05, 3.63) is 35.6 Å². The van der Waals surface area contributed by atoms with Crippen LogP contribution in [0.2, 0.25) is 0 Å². The molecular weight excluding hydrogens is 349 g/mol. The van der Waals surface area contributed by atoms with Gasteiger partial charge in [-0.15, -0.1) is 0 Å². The van der Waals surface area contributed by atoms with E-state index < -0.39 is 0 Å². The number of nitrogens with zero attached hydrogens (tertiary/aromatic N) is 1. The third kappa shape index (κ3) is 4.71. The zero-order valence-electron chi connectivity index (χ0n) is 15.8. The van der Waals surface area contributed by atoms with Gasteiger partial charge in [0.15, 0.2) is 5.96 Å². The van der Waals surface area contributed by atoms with Crippen molar-refractivity contribution in [2.45, 2.75) is 42.8 Å². The number of aliphatic imine (C=N–C) groups is 1. The van der Waals surface area contributed by atoms with Crippen LogP contribution in [-0.4, -0.2) is 49.8 Å². The first-order valence-electron chi connectivity index (χ1n) is 9.48. The van der Waals surface area contributed by atoms with Crippen LogP contribution in [0.25, 0.3) is 0 Å². The average Bonchev–Trinajstić information content (AvgIpc) is 3.09. The Labute approximate surface area is 160 Å². The summed E-state index contributed by atoms with van der Waals surface area (Å²) in [6.45, 7) is 5.37. The Balaban J connectivity index is 1.65. The van der Waals surface area contributed by atoms with Crippen molar-refractivity contribution >= 4 is 17.7 Å². The van der Waals surface area contributed by atoms with Gasteiger partial charge < -0.3 is 15.4 Å². The summed E-state index contributed by atoms with van der Waals surface area (Å²) in [4.78, 5) is 4.39. The molecule has 1 unspecified atom stereocenters. The highest BCUT2D eigenvalue weighted by atomic mass is 32.2. The summed E-state index contributed by atoms with van der Waals surface area (Å²) in [7, 11) is 1.80. The Morgan fingerprint density at radius 1 is 1.23 bits per heavy atom. The molecule has 2 saturated heterocycles. The molecule has 0 aromatic heterocycles. The molecule has 4 nitrogen and oxygen atoms in total. The molecule has 0 bridgehead atoms. The van der Waals surface area contributed by atoms with Gasteiger partial charge in [-0.2, -0.15) is 11.8 Å². The van der Waals surface area contributed by atoms with Crippen LogP contribution in [0, 0.1) is 5.82 Å². The second-order valence-corrected chi connectivity index (χ2v) is 9.27. The van der Waals surface area contributed by atoms with Gasteiger partial charge in [-0.25, -0.2) is 4.39 Å². The van der Waals surface area contributed by atoms with Gasteiger partial charge in [0.25, 0.3) is 0 Å². The van der Waals surface area contributed by atoms with Crippen molar-refractivity contribution in [2.24, 2.45) is 4.99 Å². The predicted octanol–water partition coefficient (Wildman–Crippen LogP) is 3.32. The van der Waals surface area contributed by atoms with Crippen molar-refractivity contribution in [2.75, 3.05) is 39.1 Å². The van der Waals surface area contributed by atoms with Crippen LogP contribution in [0.15, 0.2) is 29.3 Å². The number of benzene rings is 1. The first kappa shape index (κ1) is 19.5. The first-order valence-corrected chi connectivity index (χ1v) is 10.5. The van der Waals surface area contributed by atoms with Crippen molar-refractivity contribution in [1.82, 2.24) is 10.6 Å². The maximum absolute atomic E-state index is 13.8. The summed E-state index contributed by atoms with van der Waals surface area (Å²) < 4.78 is 19.7. The van der Waals surface area contributed by atoms with Crippen LogP contribution >= 0.6 is 11.8 Å². The Kier molecular flexibility index (Phi) is 6.46. The summed E-state index contributed by atoms with van der Waals surface area (Å²) in [5.74, 6) is 1.88. The molecule has 6 heteroatoms. The topological polar surface area (TPSA) is 45.7 Å². The molecule has 0 radical (unpaired) electrons. The summed E-state index contributed by atoms with van der Waals surface area (Å²) in [6.07, 6.45) is 4.30. The average molecular weight is 380 g/mol. The summed E-state index contributed by atoms with van der Waals surface area (Å²) in [5.41, 5.74) is 0.923. The lowest BCUT2D eigenvalue weighted by Crippen LogP contribution is -2.50. The number of thioether (sulfide) groups is 1. The van der Waals surface area contributed by atoms with Gasteiger partial charge in [0.05, 0.1) is 0 Å². The smallest absolute Gasteiger partial charge is 0.191 e. The van der Waals surface area contributed by atoms with Crippen LogP contribution in [0.5, 0.6) is 0 Å². The van der Waals surface area contributed by atoms with Gasteiger partial charge in [-0.3, -0.25) is 4.99 Å². The minimum Gasteiger partial charge on any atom is -0.381 e. The van der Waals surface area contributed by atoms with Crippen molar-refractivity contribution < 1.29 is 9.13 Å². The normalized spacial score (nSPS) is 25.9. The predicted molar refractivity (Wildman–Crippen MR) is 108 cm³/mol. The zero-order chi connectivity index (χ0) is 18.5. The molecule has 0 spiro atoms. The number of hydrogen-bond acceptors (Lipinski definition) is 3. The van der Waals surface area contributed by atoms with Crippen LogP contribution in [-0.2, 0) is 10.2 Å². The number of halogens is 1. The van der Waals surface area contributed by atoms with E-state index in [2.05, 4.69) is 22.5 Å². The van der Waals surface area contributed by atoms with Crippen LogP contribution in [0.3, 0.4) is 0 Å². The fourth-order valence-corrected chi connectivity index (χ4v) is 5.11. The maximum atomic E-state index is 13.8. The molecule has 2 fully saturated rings. The first-order chi connectivity index (χ1) is 12.6. The quantitative estimate of drug-likeness (QED) is 0.609. The molecule has 1 aromatic rings. The molecular formula is C20H30FN3OS. The molecule has 2 aliphatic rings. The summed E-state index contributed by atoms with van der Waals surface area (Å²) in [5, 5.41) is 6.97. The highest BCUT2D eigenvalue weighted by molar-refractivity contribution is 8.00.